The molecule has 3 heterocycles. The second-order valence-electron chi connectivity index (χ2n) is 8.13. The summed E-state index contributed by atoms with van der Waals surface area (Å²) in [6.45, 7) is 4.74. The lowest BCUT2D eigenvalue weighted by Gasteiger charge is -2.06. The summed E-state index contributed by atoms with van der Waals surface area (Å²) in [7, 11) is 0. The number of amides is 1. The zero-order valence-electron chi connectivity index (χ0n) is 18.6. The third-order valence-corrected chi connectivity index (χ3v) is 5.53. The van der Waals surface area contributed by atoms with Crippen molar-refractivity contribution in [2.24, 2.45) is 0 Å². The van der Waals surface area contributed by atoms with Crippen molar-refractivity contribution in [3.05, 3.63) is 96.1 Å². The van der Waals surface area contributed by atoms with E-state index in [1.165, 1.54) is 5.56 Å². The first-order valence-corrected chi connectivity index (χ1v) is 10.8. The number of nitrogens with one attached hydrogen (secondary N) is 1. The highest BCUT2D eigenvalue weighted by atomic mass is 16.2. The van der Waals surface area contributed by atoms with Crippen LogP contribution in [-0.2, 0) is 17.9 Å². The number of hydrogen-bond acceptors (Lipinski definition) is 4. The number of carbonyl (C=O) groups is 1. The van der Waals surface area contributed by atoms with Crippen LogP contribution < -0.4 is 5.32 Å². The van der Waals surface area contributed by atoms with Crippen molar-refractivity contribution in [2.75, 3.05) is 5.32 Å². The number of aryl methyl sites for hydroxylation is 2. The molecule has 0 fully saturated rings. The smallest absolute Gasteiger partial charge is 0.246 e. The van der Waals surface area contributed by atoms with Gasteiger partial charge in [0.1, 0.15) is 6.54 Å². The Labute approximate surface area is 191 Å². The summed E-state index contributed by atoms with van der Waals surface area (Å²) >= 11 is 0. The number of anilines is 1. The fourth-order valence-electron chi connectivity index (χ4n) is 4.07. The van der Waals surface area contributed by atoms with Gasteiger partial charge in [0, 0.05) is 17.8 Å². The van der Waals surface area contributed by atoms with Crippen molar-refractivity contribution in [3.8, 4) is 11.1 Å². The molecule has 33 heavy (non-hydrogen) atoms. The number of aromatic nitrogens is 5. The Bertz CT molecular complexity index is 1430. The molecule has 0 radical (unpaired) electrons. The lowest BCUT2D eigenvalue weighted by molar-refractivity contribution is -0.116. The number of fused-ring (bicyclic) bond motifs is 1. The molecule has 7 nitrogen and oxygen atoms in total. The number of hydrogen-bond donors (Lipinski definition) is 1. The Morgan fingerprint density at radius 2 is 1.88 bits per heavy atom. The van der Waals surface area contributed by atoms with E-state index in [0.29, 0.717) is 17.9 Å². The third-order valence-electron chi connectivity index (χ3n) is 5.53. The maximum atomic E-state index is 12.8. The Morgan fingerprint density at radius 3 is 2.70 bits per heavy atom. The summed E-state index contributed by atoms with van der Waals surface area (Å²) in [5, 5.41) is 12.8. The Morgan fingerprint density at radius 1 is 1.03 bits per heavy atom. The minimum Gasteiger partial charge on any atom is -0.322 e. The van der Waals surface area contributed by atoms with Gasteiger partial charge < -0.3 is 5.32 Å². The summed E-state index contributed by atoms with van der Waals surface area (Å²) in [6, 6.07) is 20.4. The predicted octanol–water partition coefficient (Wildman–Crippen LogP) is 4.60. The first-order chi connectivity index (χ1) is 16.1. The molecule has 7 heteroatoms. The van der Waals surface area contributed by atoms with Crippen LogP contribution in [0.4, 0.5) is 5.69 Å². The fourth-order valence-corrected chi connectivity index (χ4v) is 4.07. The highest BCUT2D eigenvalue weighted by Gasteiger charge is 2.16. The predicted molar refractivity (Wildman–Crippen MR) is 129 cm³/mol. The van der Waals surface area contributed by atoms with Gasteiger partial charge in [-0.2, -0.15) is 10.2 Å². The fraction of sp³-hybridized carbons (Fsp3) is 0.154. The topological polar surface area (TPSA) is 77.6 Å². The molecule has 1 amide bonds. The zero-order valence-corrected chi connectivity index (χ0v) is 18.6. The first-order valence-electron chi connectivity index (χ1n) is 10.8. The summed E-state index contributed by atoms with van der Waals surface area (Å²) in [4.78, 5) is 17.3. The molecule has 0 spiro atoms. The summed E-state index contributed by atoms with van der Waals surface area (Å²) in [5.41, 5.74) is 6.70. The molecule has 5 rings (SSSR count). The summed E-state index contributed by atoms with van der Waals surface area (Å²) in [5.74, 6) is -0.179. The van der Waals surface area contributed by atoms with E-state index < -0.39 is 0 Å². The molecule has 0 saturated carbocycles. The van der Waals surface area contributed by atoms with Gasteiger partial charge >= 0.3 is 0 Å². The van der Waals surface area contributed by atoms with Gasteiger partial charge in [-0.05, 0) is 36.6 Å². The van der Waals surface area contributed by atoms with E-state index in [1.807, 2.05) is 55.6 Å². The number of rotatable bonds is 6. The third kappa shape index (κ3) is 4.39. The van der Waals surface area contributed by atoms with Crippen LogP contribution in [0, 0.1) is 13.8 Å². The second-order valence-corrected chi connectivity index (χ2v) is 8.13. The number of nitrogens with zero attached hydrogens (tertiary/aromatic N) is 5. The minimum absolute atomic E-state index is 0.0679. The monoisotopic (exact) mass is 436 g/mol. The van der Waals surface area contributed by atoms with E-state index in [0.717, 1.165) is 27.8 Å². The first kappa shape index (κ1) is 20.6. The zero-order chi connectivity index (χ0) is 22.8. The maximum absolute atomic E-state index is 12.8. The van der Waals surface area contributed by atoms with Gasteiger partial charge in [0.05, 0.1) is 24.1 Å². The quantitative estimate of drug-likeness (QED) is 0.422. The standard InChI is InChI=1S/C26H24N6O/c1-18-7-6-10-21(13-18)23-11-12-27-26-25(23)19(2)30-32(26)17-24(33)29-22-14-28-31(16-22)15-20-8-4-3-5-9-20/h3-14,16H,15,17H2,1-2H3,(H,29,33). The molecule has 0 atom stereocenters. The lowest BCUT2D eigenvalue weighted by atomic mass is 10.0. The average Bonchev–Trinajstić information content (AvgIpc) is 3.38. The second kappa shape index (κ2) is 8.70. The van der Waals surface area contributed by atoms with Gasteiger partial charge in [0.25, 0.3) is 0 Å². The summed E-state index contributed by atoms with van der Waals surface area (Å²) in [6.07, 6.45) is 5.25. The van der Waals surface area contributed by atoms with Gasteiger partial charge in [-0.25, -0.2) is 9.67 Å². The molecule has 0 bridgehead atoms. The SMILES string of the molecule is Cc1cccc(-c2ccnc3c2c(C)nn3CC(=O)Nc2cnn(Cc3ccccc3)c2)c1. The molecule has 0 aliphatic carbocycles. The Hall–Kier alpha value is -4.26. The molecular weight excluding hydrogens is 412 g/mol. The van der Waals surface area contributed by atoms with Gasteiger partial charge in [-0.3, -0.25) is 9.48 Å². The van der Waals surface area contributed by atoms with Crippen LogP contribution in [0.3, 0.4) is 0 Å². The van der Waals surface area contributed by atoms with E-state index in [-0.39, 0.29) is 12.5 Å². The van der Waals surface area contributed by atoms with E-state index >= 15 is 0 Å². The molecule has 1 N–H and O–H groups in total. The van der Waals surface area contributed by atoms with Gasteiger partial charge in [0.15, 0.2) is 5.65 Å². The van der Waals surface area contributed by atoms with Gasteiger partial charge in [0.2, 0.25) is 5.91 Å². The van der Waals surface area contributed by atoms with Crippen LogP contribution in [0.5, 0.6) is 0 Å². The van der Waals surface area contributed by atoms with Crippen molar-refractivity contribution < 1.29 is 4.79 Å². The number of benzene rings is 2. The van der Waals surface area contributed by atoms with E-state index in [4.69, 9.17) is 0 Å². The molecule has 5 aromatic rings. The van der Waals surface area contributed by atoms with Crippen molar-refractivity contribution in [2.45, 2.75) is 26.9 Å². The van der Waals surface area contributed by atoms with Crippen molar-refractivity contribution in [3.63, 3.8) is 0 Å². The Kier molecular flexibility index (Phi) is 5.44. The van der Waals surface area contributed by atoms with E-state index in [9.17, 15) is 4.79 Å². The molecule has 164 valence electrons. The van der Waals surface area contributed by atoms with Crippen molar-refractivity contribution in [1.29, 1.82) is 0 Å². The van der Waals surface area contributed by atoms with Gasteiger partial charge in [-0.1, -0.05) is 60.2 Å². The molecule has 0 aliphatic heterocycles. The molecule has 3 aromatic heterocycles. The molecular formula is C26H24N6O. The minimum atomic E-state index is -0.179. The van der Waals surface area contributed by atoms with Crippen LogP contribution in [0.1, 0.15) is 16.8 Å². The normalized spacial score (nSPS) is 11.1. The largest absolute Gasteiger partial charge is 0.322 e. The summed E-state index contributed by atoms with van der Waals surface area (Å²) < 4.78 is 3.46. The van der Waals surface area contributed by atoms with Crippen LogP contribution in [0.2, 0.25) is 0 Å². The molecule has 2 aromatic carbocycles. The van der Waals surface area contributed by atoms with E-state index in [2.05, 4.69) is 45.6 Å². The highest BCUT2D eigenvalue weighted by Crippen LogP contribution is 2.30. The van der Waals surface area contributed by atoms with Gasteiger partial charge in [-0.15, -0.1) is 0 Å². The molecule has 0 saturated heterocycles. The average molecular weight is 437 g/mol. The van der Waals surface area contributed by atoms with Crippen LogP contribution >= 0.6 is 0 Å². The number of carbonyl (C=O) groups excluding carboxylic acids is 1. The number of pyridine rings is 1. The maximum Gasteiger partial charge on any atom is 0.246 e. The van der Waals surface area contributed by atoms with Crippen LogP contribution in [0.25, 0.3) is 22.2 Å². The van der Waals surface area contributed by atoms with Crippen LogP contribution in [-0.4, -0.2) is 30.5 Å². The highest BCUT2D eigenvalue weighted by molar-refractivity contribution is 5.96. The molecule has 0 aliphatic rings. The van der Waals surface area contributed by atoms with Crippen molar-refractivity contribution >= 4 is 22.6 Å². The Balaban J connectivity index is 1.35. The lowest BCUT2D eigenvalue weighted by Crippen LogP contribution is -2.19. The van der Waals surface area contributed by atoms with Crippen LogP contribution in [0.15, 0.2) is 79.3 Å². The van der Waals surface area contributed by atoms with E-state index in [1.54, 1.807) is 21.8 Å². The molecule has 0 unspecified atom stereocenters. The van der Waals surface area contributed by atoms with Crippen molar-refractivity contribution in [1.82, 2.24) is 24.5 Å².